The second kappa shape index (κ2) is 7.07. The number of ether oxygens (including phenoxy) is 2. The zero-order valence-corrected chi connectivity index (χ0v) is 13.7. The van der Waals surface area contributed by atoms with Gasteiger partial charge in [-0.1, -0.05) is 35.1 Å². The van der Waals surface area contributed by atoms with Gasteiger partial charge in [0.1, 0.15) is 0 Å². The molecule has 1 unspecified atom stereocenters. The average Bonchev–Trinajstić information content (AvgIpc) is 2.72. The molecule has 0 amide bonds. The van der Waals surface area contributed by atoms with Gasteiger partial charge in [-0.2, -0.15) is 0 Å². The highest BCUT2D eigenvalue weighted by Crippen LogP contribution is 2.40. The Kier molecular flexibility index (Phi) is 5.69. The van der Waals surface area contributed by atoms with Crippen LogP contribution in [0.1, 0.15) is 32.1 Å². The standard InChI is InChI=1S/C15H23IO3/c1-3-5-14(18-2)12-8-10-9-19-15(17)11(10)6-4-7-13(12)16/h3,10-14H,1,4-9H2,2H3/t10-,11+,12-,13?,14+/m0/s1. The van der Waals surface area contributed by atoms with Crippen LogP contribution in [0.5, 0.6) is 0 Å². The fraction of sp³-hybridized carbons (Fsp3) is 0.800. The second-order valence-corrected chi connectivity index (χ2v) is 7.24. The summed E-state index contributed by atoms with van der Waals surface area (Å²) in [6, 6.07) is 0. The van der Waals surface area contributed by atoms with E-state index in [1.165, 1.54) is 6.42 Å². The lowest BCUT2D eigenvalue weighted by atomic mass is 9.76. The number of esters is 1. The summed E-state index contributed by atoms with van der Waals surface area (Å²) < 4.78 is 11.5. The first-order valence-corrected chi connectivity index (χ1v) is 8.36. The fourth-order valence-electron chi connectivity index (χ4n) is 3.43. The van der Waals surface area contributed by atoms with Gasteiger partial charge in [-0.3, -0.25) is 4.79 Å². The minimum Gasteiger partial charge on any atom is -0.465 e. The molecule has 3 nitrogen and oxygen atoms in total. The van der Waals surface area contributed by atoms with Crippen molar-refractivity contribution in [1.82, 2.24) is 0 Å². The van der Waals surface area contributed by atoms with Gasteiger partial charge in [-0.15, -0.1) is 6.58 Å². The van der Waals surface area contributed by atoms with E-state index in [9.17, 15) is 4.79 Å². The minimum absolute atomic E-state index is 0.0216. The Hall–Kier alpha value is -0.100. The first-order valence-electron chi connectivity index (χ1n) is 7.11. The van der Waals surface area contributed by atoms with E-state index in [2.05, 4.69) is 29.2 Å². The van der Waals surface area contributed by atoms with Crippen LogP contribution in [0.3, 0.4) is 0 Å². The molecule has 0 aromatic rings. The Morgan fingerprint density at radius 1 is 1.58 bits per heavy atom. The predicted octanol–water partition coefficient (Wildman–Crippen LogP) is 3.36. The van der Waals surface area contributed by atoms with Crippen LogP contribution in [-0.2, 0) is 14.3 Å². The highest BCUT2D eigenvalue weighted by molar-refractivity contribution is 14.1. The number of cyclic esters (lactones) is 1. The van der Waals surface area contributed by atoms with Gasteiger partial charge in [0.25, 0.3) is 0 Å². The number of alkyl halides is 1. The van der Waals surface area contributed by atoms with E-state index in [1.807, 2.05) is 6.08 Å². The van der Waals surface area contributed by atoms with E-state index in [-0.39, 0.29) is 18.0 Å². The molecule has 0 spiro atoms. The van der Waals surface area contributed by atoms with E-state index in [0.717, 1.165) is 25.7 Å². The Morgan fingerprint density at radius 2 is 2.37 bits per heavy atom. The summed E-state index contributed by atoms with van der Waals surface area (Å²) in [5.41, 5.74) is 0. The molecule has 1 saturated heterocycles. The molecule has 1 saturated carbocycles. The number of rotatable bonds is 4. The normalized spacial score (nSPS) is 36.8. The van der Waals surface area contributed by atoms with Crippen molar-refractivity contribution in [2.24, 2.45) is 17.8 Å². The molecule has 0 aromatic heterocycles. The fourth-order valence-corrected chi connectivity index (χ4v) is 4.63. The third-order valence-electron chi connectivity index (χ3n) is 4.53. The van der Waals surface area contributed by atoms with Crippen LogP contribution in [-0.4, -0.2) is 29.7 Å². The monoisotopic (exact) mass is 378 g/mol. The molecule has 108 valence electrons. The van der Waals surface area contributed by atoms with Gasteiger partial charge in [0, 0.05) is 17.0 Å². The lowest BCUT2D eigenvalue weighted by Crippen LogP contribution is -2.35. The summed E-state index contributed by atoms with van der Waals surface area (Å²) in [6.45, 7) is 4.43. The largest absolute Gasteiger partial charge is 0.465 e. The van der Waals surface area contributed by atoms with Gasteiger partial charge in [0.15, 0.2) is 0 Å². The molecule has 1 aliphatic heterocycles. The van der Waals surface area contributed by atoms with Crippen LogP contribution >= 0.6 is 22.6 Å². The van der Waals surface area contributed by atoms with Gasteiger partial charge in [0.05, 0.1) is 18.6 Å². The molecular formula is C15H23IO3. The Morgan fingerprint density at radius 3 is 3.05 bits per heavy atom. The molecular weight excluding hydrogens is 355 g/mol. The molecule has 0 radical (unpaired) electrons. The molecule has 2 rings (SSSR count). The summed E-state index contributed by atoms with van der Waals surface area (Å²) in [4.78, 5) is 11.8. The quantitative estimate of drug-likeness (QED) is 0.326. The van der Waals surface area contributed by atoms with Crippen molar-refractivity contribution in [3.8, 4) is 0 Å². The number of methoxy groups -OCH3 is 1. The lowest BCUT2D eigenvalue weighted by Gasteiger charge is -2.34. The molecule has 2 aliphatic rings. The SMILES string of the molecule is C=CC[C@@H](OC)[C@H]1C[C@H]2COC(=O)[C@@H]2CCCC1I. The van der Waals surface area contributed by atoms with Crippen molar-refractivity contribution >= 4 is 28.6 Å². The van der Waals surface area contributed by atoms with Crippen LogP contribution in [0, 0.1) is 17.8 Å². The first kappa shape index (κ1) is 15.3. The Labute approximate surface area is 129 Å². The van der Waals surface area contributed by atoms with E-state index >= 15 is 0 Å². The topological polar surface area (TPSA) is 35.5 Å². The summed E-state index contributed by atoms with van der Waals surface area (Å²) in [5, 5.41) is 0. The Bertz CT molecular complexity index is 331. The van der Waals surface area contributed by atoms with Crippen molar-refractivity contribution < 1.29 is 14.3 Å². The van der Waals surface area contributed by atoms with E-state index in [0.29, 0.717) is 22.4 Å². The summed E-state index contributed by atoms with van der Waals surface area (Å²) in [7, 11) is 1.78. The van der Waals surface area contributed by atoms with Crippen molar-refractivity contribution in [2.45, 2.75) is 42.1 Å². The van der Waals surface area contributed by atoms with Crippen LogP contribution in [0.2, 0.25) is 0 Å². The molecule has 5 atom stereocenters. The van der Waals surface area contributed by atoms with Gasteiger partial charge < -0.3 is 9.47 Å². The van der Waals surface area contributed by atoms with E-state index in [1.54, 1.807) is 7.11 Å². The molecule has 2 fully saturated rings. The van der Waals surface area contributed by atoms with Crippen molar-refractivity contribution in [3.63, 3.8) is 0 Å². The zero-order chi connectivity index (χ0) is 13.8. The van der Waals surface area contributed by atoms with E-state index in [4.69, 9.17) is 9.47 Å². The van der Waals surface area contributed by atoms with Gasteiger partial charge in [-0.05, 0) is 31.6 Å². The number of carbonyl (C=O) groups is 1. The molecule has 1 heterocycles. The zero-order valence-electron chi connectivity index (χ0n) is 11.5. The maximum Gasteiger partial charge on any atom is 0.309 e. The van der Waals surface area contributed by atoms with Crippen LogP contribution in [0.25, 0.3) is 0 Å². The first-order chi connectivity index (χ1) is 9.17. The van der Waals surface area contributed by atoms with Crippen molar-refractivity contribution in [3.05, 3.63) is 12.7 Å². The summed E-state index contributed by atoms with van der Waals surface area (Å²) in [6.07, 6.45) is 7.35. The molecule has 0 aromatic carbocycles. The highest BCUT2D eigenvalue weighted by Gasteiger charge is 2.42. The number of hydrogen-bond donors (Lipinski definition) is 0. The molecule has 1 aliphatic carbocycles. The smallest absolute Gasteiger partial charge is 0.309 e. The van der Waals surface area contributed by atoms with Crippen LogP contribution < -0.4 is 0 Å². The molecule has 0 N–H and O–H groups in total. The third kappa shape index (κ3) is 3.51. The molecule has 0 bridgehead atoms. The van der Waals surface area contributed by atoms with Gasteiger partial charge in [-0.25, -0.2) is 0 Å². The number of fused-ring (bicyclic) bond motifs is 1. The van der Waals surface area contributed by atoms with Gasteiger partial charge in [0.2, 0.25) is 0 Å². The number of carbonyl (C=O) groups excluding carboxylic acids is 1. The van der Waals surface area contributed by atoms with Gasteiger partial charge >= 0.3 is 5.97 Å². The average molecular weight is 378 g/mol. The summed E-state index contributed by atoms with van der Waals surface area (Å²) >= 11 is 2.56. The number of hydrogen-bond acceptors (Lipinski definition) is 3. The maximum atomic E-state index is 11.8. The van der Waals surface area contributed by atoms with Crippen molar-refractivity contribution in [1.29, 1.82) is 0 Å². The van der Waals surface area contributed by atoms with Crippen LogP contribution in [0.15, 0.2) is 12.7 Å². The molecule has 19 heavy (non-hydrogen) atoms. The highest BCUT2D eigenvalue weighted by atomic mass is 127. The third-order valence-corrected chi connectivity index (χ3v) is 6.07. The van der Waals surface area contributed by atoms with E-state index < -0.39 is 0 Å². The lowest BCUT2D eigenvalue weighted by molar-refractivity contribution is -0.141. The summed E-state index contributed by atoms with van der Waals surface area (Å²) in [5.74, 6) is 1.03. The molecule has 4 heteroatoms. The van der Waals surface area contributed by atoms with Crippen molar-refractivity contribution in [2.75, 3.05) is 13.7 Å². The maximum absolute atomic E-state index is 11.8. The second-order valence-electron chi connectivity index (χ2n) is 5.64. The minimum atomic E-state index is 0.0216. The van der Waals surface area contributed by atoms with Crippen LogP contribution in [0.4, 0.5) is 0 Å². The number of halogens is 1. The Balaban J connectivity index is 2.11. The predicted molar refractivity (Wildman–Crippen MR) is 83.3 cm³/mol.